The number of halogens is 1. The average molecular weight is 532 g/mol. The highest BCUT2D eigenvalue weighted by atomic mass is 32.2. The van der Waals surface area contributed by atoms with E-state index in [2.05, 4.69) is 14.6 Å². The fraction of sp³-hybridized carbons (Fsp3) is 0.538. The van der Waals surface area contributed by atoms with Crippen molar-refractivity contribution in [3.05, 3.63) is 53.5 Å². The quantitative estimate of drug-likeness (QED) is 0.609. The van der Waals surface area contributed by atoms with Crippen molar-refractivity contribution < 1.29 is 22.3 Å². The molecule has 3 aliphatic heterocycles. The molecule has 1 amide bonds. The zero-order valence-corrected chi connectivity index (χ0v) is 21.8. The molecule has 0 radical (unpaired) electrons. The maximum absolute atomic E-state index is 13.9. The van der Waals surface area contributed by atoms with Gasteiger partial charge in [-0.2, -0.15) is 0 Å². The van der Waals surface area contributed by atoms with Gasteiger partial charge in [-0.25, -0.2) is 22.5 Å². The van der Waals surface area contributed by atoms with Gasteiger partial charge < -0.3 is 15.4 Å². The summed E-state index contributed by atoms with van der Waals surface area (Å²) in [5.74, 6) is 0.767. The second-order valence-electron chi connectivity index (χ2n) is 10.6. The van der Waals surface area contributed by atoms with Crippen LogP contribution >= 0.6 is 0 Å². The van der Waals surface area contributed by atoms with Crippen molar-refractivity contribution in [2.45, 2.75) is 50.3 Å². The minimum atomic E-state index is -3.51. The van der Waals surface area contributed by atoms with Crippen LogP contribution in [0.2, 0.25) is 0 Å². The van der Waals surface area contributed by atoms with Gasteiger partial charge in [-0.05, 0) is 61.8 Å². The van der Waals surface area contributed by atoms with Gasteiger partial charge in [-0.1, -0.05) is 0 Å². The SMILES string of the molecule is CS(=O)(=O)NC1CC2(CCN(C(=O)C3CCN(Cc4ccnc(N)c4)CC3)CC2)Oc2ccc(F)cc21. The summed E-state index contributed by atoms with van der Waals surface area (Å²) >= 11 is 0. The van der Waals surface area contributed by atoms with Gasteiger partial charge >= 0.3 is 0 Å². The normalized spacial score (nSPS) is 22.4. The molecule has 2 aromatic rings. The molecule has 0 aliphatic carbocycles. The fourth-order valence-electron chi connectivity index (χ4n) is 5.89. The molecule has 1 aromatic heterocycles. The Hall–Kier alpha value is -2.76. The number of likely N-dealkylation sites (tertiary alicyclic amines) is 2. The fourth-order valence-corrected chi connectivity index (χ4v) is 6.62. The van der Waals surface area contributed by atoms with Crippen LogP contribution in [0.5, 0.6) is 5.75 Å². The molecule has 4 heterocycles. The first kappa shape index (κ1) is 25.9. The molecule has 11 heteroatoms. The number of hydrogen-bond donors (Lipinski definition) is 2. The lowest BCUT2D eigenvalue weighted by molar-refractivity contribution is -0.141. The number of nitrogen functional groups attached to an aromatic ring is 1. The minimum absolute atomic E-state index is 0.00318. The number of amides is 1. The third-order valence-corrected chi connectivity index (χ3v) is 8.49. The third kappa shape index (κ3) is 6.05. The number of nitrogens with one attached hydrogen (secondary N) is 1. The number of carbonyl (C=O) groups is 1. The van der Waals surface area contributed by atoms with Gasteiger partial charge in [0.15, 0.2) is 0 Å². The molecule has 1 spiro atoms. The lowest BCUT2D eigenvalue weighted by Gasteiger charge is -2.47. The van der Waals surface area contributed by atoms with E-state index in [1.165, 1.54) is 12.1 Å². The summed E-state index contributed by atoms with van der Waals surface area (Å²) < 4.78 is 46.9. The van der Waals surface area contributed by atoms with E-state index in [1.807, 2.05) is 17.0 Å². The van der Waals surface area contributed by atoms with Crippen molar-refractivity contribution in [3.8, 4) is 5.75 Å². The molecular formula is C26H34FN5O4S. The predicted molar refractivity (Wildman–Crippen MR) is 138 cm³/mol. The van der Waals surface area contributed by atoms with E-state index in [0.717, 1.165) is 44.3 Å². The van der Waals surface area contributed by atoms with Crippen molar-refractivity contribution in [1.82, 2.24) is 19.5 Å². The van der Waals surface area contributed by atoms with Gasteiger partial charge in [0.25, 0.3) is 0 Å². The first-order valence-electron chi connectivity index (χ1n) is 12.8. The van der Waals surface area contributed by atoms with E-state index in [4.69, 9.17) is 10.5 Å². The number of aromatic nitrogens is 1. The number of carbonyl (C=O) groups excluding carboxylic acids is 1. The van der Waals surface area contributed by atoms with Crippen molar-refractivity contribution in [3.63, 3.8) is 0 Å². The van der Waals surface area contributed by atoms with Crippen LogP contribution in [-0.2, 0) is 21.4 Å². The van der Waals surface area contributed by atoms with Crippen molar-refractivity contribution in [2.75, 3.05) is 38.2 Å². The summed E-state index contributed by atoms with van der Waals surface area (Å²) in [5, 5.41) is 0. The van der Waals surface area contributed by atoms with E-state index in [0.29, 0.717) is 49.5 Å². The Morgan fingerprint density at radius 3 is 2.59 bits per heavy atom. The van der Waals surface area contributed by atoms with E-state index in [9.17, 15) is 17.6 Å². The van der Waals surface area contributed by atoms with Crippen LogP contribution in [0.15, 0.2) is 36.5 Å². The Balaban J connectivity index is 1.18. The third-order valence-electron chi connectivity index (χ3n) is 7.78. The van der Waals surface area contributed by atoms with Crippen LogP contribution in [0.25, 0.3) is 0 Å². The monoisotopic (exact) mass is 531 g/mol. The van der Waals surface area contributed by atoms with Crippen LogP contribution in [0.4, 0.5) is 10.2 Å². The molecule has 2 saturated heterocycles. The molecule has 0 bridgehead atoms. The van der Waals surface area contributed by atoms with E-state index < -0.39 is 27.5 Å². The Labute approximate surface area is 217 Å². The summed E-state index contributed by atoms with van der Waals surface area (Å²) in [5.41, 5.74) is 6.83. The highest BCUT2D eigenvalue weighted by Crippen LogP contribution is 2.45. The lowest BCUT2D eigenvalue weighted by Crippen LogP contribution is -2.54. The molecular weight excluding hydrogens is 497 g/mol. The number of hydrogen-bond acceptors (Lipinski definition) is 7. The van der Waals surface area contributed by atoms with Gasteiger partial charge in [0.2, 0.25) is 15.9 Å². The number of fused-ring (bicyclic) bond motifs is 1. The number of nitrogens with zero attached hydrogens (tertiary/aromatic N) is 3. The molecule has 3 aliphatic rings. The smallest absolute Gasteiger partial charge is 0.225 e. The summed E-state index contributed by atoms with van der Waals surface area (Å²) in [6.07, 6.45) is 6.05. The zero-order valence-electron chi connectivity index (χ0n) is 21.0. The molecule has 1 atom stereocenters. The van der Waals surface area contributed by atoms with Crippen molar-refractivity contribution in [1.29, 1.82) is 0 Å². The van der Waals surface area contributed by atoms with Crippen LogP contribution in [0, 0.1) is 11.7 Å². The molecule has 0 saturated carbocycles. The summed E-state index contributed by atoms with van der Waals surface area (Å²) in [7, 11) is -3.51. The predicted octanol–water partition coefficient (Wildman–Crippen LogP) is 2.45. The van der Waals surface area contributed by atoms with Crippen LogP contribution in [0.3, 0.4) is 0 Å². The number of benzene rings is 1. The number of piperidine rings is 2. The first-order chi connectivity index (χ1) is 17.6. The Morgan fingerprint density at radius 1 is 1.19 bits per heavy atom. The number of sulfonamides is 1. The molecule has 1 aromatic carbocycles. The van der Waals surface area contributed by atoms with Gasteiger partial charge in [-0.15, -0.1) is 0 Å². The Kier molecular flexibility index (Phi) is 7.12. The first-order valence-corrected chi connectivity index (χ1v) is 14.7. The van der Waals surface area contributed by atoms with Crippen LogP contribution < -0.4 is 15.2 Å². The lowest BCUT2D eigenvalue weighted by atomic mass is 9.80. The molecule has 9 nitrogen and oxygen atoms in total. The van der Waals surface area contributed by atoms with Gasteiger partial charge in [-0.3, -0.25) is 9.69 Å². The molecule has 3 N–H and O–H groups in total. The number of anilines is 1. The topological polar surface area (TPSA) is 118 Å². The highest BCUT2D eigenvalue weighted by molar-refractivity contribution is 7.88. The van der Waals surface area contributed by atoms with Crippen LogP contribution in [0.1, 0.15) is 49.3 Å². The van der Waals surface area contributed by atoms with E-state index in [1.54, 1.807) is 12.3 Å². The molecule has 2 fully saturated rings. The summed E-state index contributed by atoms with van der Waals surface area (Å²) in [6.45, 7) is 3.61. The van der Waals surface area contributed by atoms with E-state index >= 15 is 0 Å². The van der Waals surface area contributed by atoms with Crippen molar-refractivity contribution >= 4 is 21.7 Å². The maximum atomic E-state index is 13.9. The summed E-state index contributed by atoms with van der Waals surface area (Å²) in [6, 6.07) is 7.50. The Bertz CT molecular complexity index is 1260. The summed E-state index contributed by atoms with van der Waals surface area (Å²) in [4.78, 5) is 21.6. The van der Waals surface area contributed by atoms with E-state index in [-0.39, 0.29) is 11.8 Å². The Morgan fingerprint density at radius 2 is 1.92 bits per heavy atom. The standard InChI is InChI=1S/C26H34FN5O4S/c1-37(34,35)30-22-16-26(36-23-3-2-20(27)15-21(22)23)7-12-32(13-8-26)25(33)19-5-10-31(11-6-19)17-18-4-9-29-24(28)14-18/h2-4,9,14-15,19,22,30H,5-8,10-13,16-17H2,1H3,(H2,28,29). The zero-order chi connectivity index (χ0) is 26.2. The number of pyridine rings is 1. The molecule has 5 rings (SSSR count). The molecule has 1 unspecified atom stereocenters. The average Bonchev–Trinajstić information content (AvgIpc) is 2.84. The number of ether oxygens (including phenoxy) is 1. The highest BCUT2D eigenvalue weighted by Gasteiger charge is 2.45. The molecule has 200 valence electrons. The second kappa shape index (κ2) is 10.2. The number of nitrogens with two attached hydrogens (primary N) is 1. The number of rotatable bonds is 5. The van der Waals surface area contributed by atoms with Gasteiger partial charge in [0, 0.05) is 56.6 Å². The molecule has 37 heavy (non-hydrogen) atoms. The van der Waals surface area contributed by atoms with Gasteiger partial charge in [0.05, 0.1) is 12.3 Å². The minimum Gasteiger partial charge on any atom is -0.487 e. The second-order valence-corrected chi connectivity index (χ2v) is 12.4. The maximum Gasteiger partial charge on any atom is 0.225 e. The van der Waals surface area contributed by atoms with Gasteiger partial charge in [0.1, 0.15) is 23.0 Å². The van der Waals surface area contributed by atoms with Crippen molar-refractivity contribution in [2.24, 2.45) is 5.92 Å². The largest absolute Gasteiger partial charge is 0.487 e. The van der Waals surface area contributed by atoms with Crippen LogP contribution in [-0.4, -0.2) is 67.1 Å².